The van der Waals surface area contributed by atoms with Crippen molar-refractivity contribution in [3.05, 3.63) is 23.8 Å². The van der Waals surface area contributed by atoms with Gasteiger partial charge in [-0.2, -0.15) is 5.26 Å². The molecule has 0 spiro atoms. The molecule has 0 aliphatic carbocycles. The van der Waals surface area contributed by atoms with E-state index in [1.54, 1.807) is 18.2 Å². The van der Waals surface area contributed by atoms with E-state index in [9.17, 15) is 0 Å². The van der Waals surface area contributed by atoms with Gasteiger partial charge in [0.05, 0.1) is 12.8 Å². The Morgan fingerprint density at radius 1 is 1.44 bits per heavy atom. The number of hydrogen-bond donors (Lipinski definition) is 1. The van der Waals surface area contributed by atoms with Gasteiger partial charge in [-0.05, 0) is 25.1 Å². The highest BCUT2D eigenvalue weighted by Gasteiger charge is 2.05. The topological polar surface area (TPSA) is 74.8 Å². The molecular weight excluding hydrogens is 208 g/mol. The summed E-state index contributed by atoms with van der Waals surface area (Å²) in [5, 5.41) is 19.7. The molecule has 1 rings (SSSR count). The number of benzene rings is 1. The second-order valence-electron chi connectivity index (χ2n) is 2.83. The molecule has 0 aliphatic heterocycles. The second kappa shape index (κ2) is 6.30. The first-order chi connectivity index (χ1) is 7.81. The minimum atomic E-state index is -0.0342. The zero-order chi connectivity index (χ0) is 11.8. The zero-order valence-electron chi connectivity index (χ0n) is 8.88. The molecule has 5 nitrogen and oxygen atoms in total. The number of nitriles is 1. The molecule has 0 aromatic heterocycles. The first-order valence-corrected chi connectivity index (χ1v) is 4.75. The normalized spacial score (nSPS) is 10.0. The average molecular weight is 220 g/mol. The van der Waals surface area contributed by atoms with Crippen LogP contribution in [0.2, 0.25) is 0 Å². The quantitative estimate of drug-likeness (QED) is 0.466. The average Bonchev–Trinajstić information content (AvgIpc) is 2.29. The molecule has 0 saturated heterocycles. The minimum Gasteiger partial charge on any atom is -0.490 e. The number of hydrogen-bond acceptors (Lipinski definition) is 5. The lowest BCUT2D eigenvalue weighted by Gasteiger charge is -2.10. The van der Waals surface area contributed by atoms with E-state index in [1.165, 1.54) is 6.21 Å². The summed E-state index contributed by atoms with van der Waals surface area (Å²) in [6.45, 7) is 2.30. The molecule has 0 saturated carbocycles. The van der Waals surface area contributed by atoms with Gasteiger partial charge in [0, 0.05) is 5.56 Å². The minimum absolute atomic E-state index is 0.0342. The molecule has 1 N–H and O–H groups in total. The van der Waals surface area contributed by atoms with Crippen molar-refractivity contribution >= 4 is 6.21 Å². The fourth-order valence-corrected chi connectivity index (χ4v) is 1.17. The number of nitrogens with zero attached hydrogens (tertiary/aromatic N) is 2. The molecule has 1 aromatic carbocycles. The van der Waals surface area contributed by atoms with Crippen LogP contribution < -0.4 is 9.47 Å². The summed E-state index contributed by atoms with van der Waals surface area (Å²) in [4.78, 5) is 0. The molecule has 0 aliphatic rings. The highest BCUT2D eigenvalue weighted by atomic mass is 16.5. The van der Waals surface area contributed by atoms with Crippen LogP contribution in [0.5, 0.6) is 11.5 Å². The predicted octanol–water partition coefficient (Wildman–Crippen LogP) is 1.80. The van der Waals surface area contributed by atoms with Crippen LogP contribution in [0.1, 0.15) is 12.5 Å². The summed E-state index contributed by atoms with van der Waals surface area (Å²) >= 11 is 0. The molecule has 0 radical (unpaired) electrons. The summed E-state index contributed by atoms with van der Waals surface area (Å²) in [5.41, 5.74) is 0.690. The van der Waals surface area contributed by atoms with E-state index in [4.69, 9.17) is 19.9 Å². The lowest BCUT2D eigenvalue weighted by molar-refractivity contribution is 0.298. The van der Waals surface area contributed by atoms with Gasteiger partial charge >= 0.3 is 0 Å². The van der Waals surface area contributed by atoms with Crippen molar-refractivity contribution in [1.82, 2.24) is 0 Å². The predicted molar refractivity (Wildman–Crippen MR) is 58.1 cm³/mol. The Kier molecular flexibility index (Phi) is 4.67. The lowest BCUT2D eigenvalue weighted by atomic mass is 10.2. The third-order valence-corrected chi connectivity index (χ3v) is 1.77. The lowest BCUT2D eigenvalue weighted by Crippen LogP contribution is -1.99. The summed E-state index contributed by atoms with van der Waals surface area (Å²) in [6.07, 6.45) is 1.29. The van der Waals surface area contributed by atoms with Gasteiger partial charge in [0.25, 0.3) is 0 Å². The Morgan fingerprint density at radius 2 is 2.25 bits per heavy atom. The molecule has 0 atom stereocenters. The Morgan fingerprint density at radius 3 is 2.88 bits per heavy atom. The largest absolute Gasteiger partial charge is 0.490 e. The van der Waals surface area contributed by atoms with Crippen LogP contribution in [0.4, 0.5) is 0 Å². The molecule has 0 unspecified atom stereocenters. The molecule has 16 heavy (non-hydrogen) atoms. The smallest absolute Gasteiger partial charge is 0.174 e. The third kappa shape index (κ3) is 3.17. The summed E-state index contributed by atoms with van der Waals surface area (Å²) in [5.74, 6) is 1.02. The Hall–Kier alpha value is -2.22. The highest BCUT2D eigenvalue weighted by molar-refractivity contribution is 5.80. The van der Waals surface area contributed by atoms with Crippen LogP contribution in [-0.2, 0) is 0 Å². The van der Waals surface area contributed by atoms with E-state index in [2.05, 4.69) is 5.16 Å². The first-order valence-electron chi connectivity index (χ1n) is 4.75. The van der Waals surface area contributed by atoms with Gasteiger partial charge in [0.2, 0.25) is 0 Å². The van der Waals surface area contributed by atoms with Crippen LogP contribution in [-0.4, -0.2) is 24.6 Å². The van der Waals surface area contributed by atoms with Crippen molar-refractivity contribution in [3.63, 3.8) is 0 Å². The van der Waals surface area contributed by atoms with E-state index in [0.29, 0.717) is 23.7 Å². The highest BCUT2D eigenvalue weighted by Crippen LogP contribution is 2.27. The molecular formula is C11H12N2O3. The standard InChI is InChI=1S/C11H12N2O3/c1-2-15-11-7-9(8-13-14)3-4-10(11)16-6-5-12/h3-4,7-8,14H,2,6H2,1H3. The van der Waals surface area contributed by atoms with E-state index < -0.39 is 0 Å². The van der Waals surface area contributed by atoms with Gasteiger partial charge in [0.15, 0.2) is 18.1 Å². The van der Waals surface area contributed by atoms with Gasteiger partial charge in [-0.1, -0.05) is 5.16 Å². The van der Waals surface area contributed by atoms with Crippen molar-refractivity contribution in [2.75, 3.05) is 13.2 Å². The summed E-state index contributed by atoms with van der Waals surface area (Å²) in [7, 11) is 0. The monoisotopic (exact) mass is 220 g/mol. The molecule has 0 fully saturated rings. The van der Waals surface area contributed by atoms with Crippen LogP contribution in [0.25, 0.3) is 0 Å². The number of rotatable bonds is 5. The van der Waals surface area contributed by atoms with Crippen molar-refractivity contribution in [2.45, 2.75) is 6.92 Å². The van der Waals surface area contributed by atoms with Crippen molar-refractivity contribution in [1.29, 1.82) is 5.26 Å². The maximum atomic E-state index is 8.42. The van der Waals surface area contributed by atoms with Gasteiger partial charge in [-0.25, -0.2) is 0 Å². The summed E-state index contributed by atoms with van der Waals surface area (Å²) < 4.78 is 10.5. The third-order valence-electron chi connectivity index (χ3n) is 1.77. The van der Waals surface area contributed by atoms with E-state index in [1.807, 2.05) is 13.0 Å². The van der Waals surface area contributed by atoms with Crippen LogP contribution in [0.15, 0.2) is 23.4 Å². The number of ether oxygens (including phenoxy) is 2. The molecule has 0 bridgehead atoms. The molecule has 0 amide bonds. The van der Waals surface area contributed by atoms with E-state index in [0.717, 1.165) is 0 Å². The van der Waals surface area contributed by atoms with Crippen LogP contribution in [0.3, 0.4) is 0 Å². The Labute approximate surface area is 93.5 Å². The summed E-state index contributed by atoms with van der Waals surface area (Å²) in [6, 6.07) is 6.93. The molecule has 84 valence electrons. The van der Waals surface area contributed by atoms with Crippen molar-refractivity contribution in [2.24, 2.45) is 5.16 Å². The zero-order valence-corrected chi connectivity index (χ0v) is 8.88. The Bertz CT molecular complexity index is 410. The SMILES string of the molecule is CCOc1cc(C=NO)ccc1OCC#N. The molecule has 0 heterocycles. The number of oxime groups is 1. The van der Waals surface area contributed by atoms with Crippen LogP contribution in [0, 0.1) is 11.3 Å². The fraction of sp³-hybridized carbons (Fsp3) is 0.273. The van der Waals surface area contributed by atoms with Gasteiger partial charge in [-0.3, -0.25) is 0 Å². The van der Waals surface area contributed by atoms with E-state index >= 15 is 0 Å². The van der Waals surface area contributed by atoms with Crippen LogP contribution >= 0.6 is 0 Å². The van der Waals surface area contributed by atoms with Crippen molar-refractivity contribution < 1.29 is 14.7 Å². The molecule has 1 aromatic rings. The first kappa shape index (κ1) is 11.9. The van der Waals surface area contributed by atoms with Gasteiger partial charge in [-0.15, -0.1) is 0 Å². The van der Waals surface area contributed by atoms with Gasteiger partial charge < -0.3 is 14.7 Å². The maximum absolute atomic E-state index is 8.42. The van der Waals surface area contributed by atoms with Crippen molar-refractivity contribution in [3.8, 4) is 17.6 Å². The van der Waals surface area contributed by atoms with E-state index in [-0.39, 0.29) is 6.61 Å². The van der Waals surface area contributed by atoms with Gasteiger partial charge in [0.1, 0.15) is 6.07 Å². The Balaban J connectivity index is 2.94. The fourth-order valence-electron chi connectivity index (χ4n) is 1.17. The molecule has 5 heteroatoms. The maximum Gasteiger partial charge on any atom is 0.174 e. The second-order valence-corrected chi connectivity index (χ2v) is 2.83.